The smallest absolute Gasteiger partial charge is 0.377 e. The van der Waals surface area contributed by atoms with Gasteiger partial charge in [-0.15, -0.1) is 0 Å². The number of rotatable bonds is 3. The summed E-state index contributed by atoms with van der Waals surface area (Å²) in [5.74, 6) is -2.53. The molecule has 5 nitrogen and oxygen atoms in total. The summed E-state index contributed by atoms with van der Waals surface area (Å²) in [6.45, 7) is 1.72. The summed E-state index contributed by atoms with van der Waals surface area (Å²) < 4.78 is 5.10. The molecular weight excluding hydrogens is 248 g/mol. The Labute approximate surface area is 110 Å². The van der Waals surface area contributed by atoms with E-state index < -0.39 is 11.8 Å². The van der Waals surface area contributed by atoms with E-state index >= 15 is 0 Å². The highest BCUT2D eigenvalue weighted by atomic mass is 16.5. The van der Waals surface area contributed by atoms with Gasteiger partial charge in [-0.3, -0.25) is 4.79 Å². The summed E-state index contributed by atoms with van der Waals surface area (Å²) in [6.07, 6.45) is 0.491. The van der Waals surface area contributed by atoms with E-state index in [9.17, 15) is 14.7 Å². The molecule has 1 aromatic carbocycles. The Hall–Kier alpha value is -2.30. The number of benzene rings is 1. The van der Waals surface area contributed by atoms with Crippen molar-refractivity contribution < 1.29 is 24.5 Å². The average Bonchev–Trinajstić information content (AvgIpc) is 2.37. The molecule has 5 heteroatoms. The van der Waals surface area contributed by atoms with Crippen LogP contribution in [0.3, 0.4) is 0 Å². The van der Waals surface area contributed by atoms with E-state index in [1.807, 2.05) is 0 Å². The maximum Gasteiger partial charge on any atom is 0.377 e. The van der Waals surface area contributed by atoms with Gasteiger partial charge in [0.1, 0.15) is 11.5 Å². The number of ether oxygens (including phenoxy) is 1. The normalized spacial score (nSPS) is 17.9. The molecule has 0 fully saturated rings. The lowest BCUT2D eigenvalue weighted by Gasteiger charge is -2.24. The van der Waals surface area contributed by atoms with Gasteiger partial charge in [0.25, 0.3) is 5.78 Å². The third-order valence-electron chi connectivity index (χ3n) is 3.28. The predicted octanol–water partition coefficient (Wildman–Crippen LogP) is 1.81. The number of ketones is 1. The van der Waals surface area contributed by atoms with Crippen LogP contribution < -0.4 is 4.74 Å². The Morgan fingerprint density at radius 3 is 2.63 bits per heavy atom. The zero-order chi connectivity index (χ0) is 14.2. The molecule has 1 atom stereocenters. The van der Waals surface area contributed by atoms with Crippen LogP contribution >= 0.6 is 0 Å². The van der Waals surface area contributed by atoms with Crippen molar-refractivity contribution in [2.45, 2.75) is 13.3 Å². The zero-order valence-electron chi connectivity index (χ0n) is 10.6. The molecule has 1 aliphatic carbocycles. The third-order valence-corrected chi connectivity index (χ3v) is 3.28. The molecule has 0 saturated carbocycles. The van der Waals surface area contributed by atoms with Crippen LogP contribution in [0.2, 0.25) is 0 Å². The number of fused-ring (bicyclic) bond motifs is 1. The Morgan fingerprint density at radius 1 is 1.37 bits per heavy atom. The number of carbonyl (C=O) groups is 2. The molecule has 0 amide bonds. The monoisotopic (exact) mass is 262 g/mol. The van der Waals surface area contributed by atoms with Crippen LogP contribution in [0.25, 0.3) is 5.76 Å². The van der Waals surface area contributed by atoms with E-state index in [-0.39, 0.29) is 17.3 Å². The van der Waals surface area contributed by atoms with Gasteiger partial charge in [-0.2, -0.15) is 0 Å². The molecule has 0 bridgehead atoms. The predicted molar refractivity (Wildman–Crippen MR) is 68.1 cm³/mol. The molecule has 2 N–H and O–H groups in total. The molecule has 1 unspecified atom stereocenters. The highest BCUT2D eigenvalue weighted by Crippen LogP contribution is 2.35. The van der Waals surface area contributed by atoms with Crippen molar-refractivity contribution in [1.29, 1.82) is 0 Å². The zero-order valence-corrected chi connectivity index (χ0v) is 10.6. The Balaban J connectivity index is 2.56. The molecule has 0 heterocycles. The van der Waals surface area contributed by atoms with Crippen LogP contribution in [0.1, 0.15) is 18.1 Å². The summed E-state index contributed by atoms with van der Waals surface area (Å²) in [5, 5.41) is 18.9. The number of carboxylic acids is 1. The maximum atomic E-state index is 11.6. The second kappa shape index (κ2) is 4.76. The summed E-state index contributed by atoms with van der Waals surface area (Å²) >= 11 is 0. The first-order valence-corrected chi connectivity index (χ1v) is 5.83. The van der Waals surface area contributed by atoms with Crippen molar-refractivity contribution in [3.05, 3.63) is 34.9 Å². The second-order valence-corrected chi connectivity index (χ2v) is 4.52. The van der Waals surface area contributed by atoms with Crippen LogP contribution in [0.15, 0.2) is 23.8 Å². The summed E-state index contributed by atoms with van der Waals surface area (Å²) in [5.41, 5.74) is 1.29. The van der Waals surface area contributed by atoms with Crippen molar-refractivity contribution in [2.24, 2.45) is 5.92 Å². The van der Waals surface area contributed by atoms with Gasteiger partial charge in [-0.1, -0.05) is 6.92 Å². The lowest BCUT2D eigenvalue weighted by Crippen LogP contribution is -2.25. The number of aliphatic hydroxyl groups excluding tert-OH is 1. The quantitative estimate of drug-likeness (QED) is 0.811. The van der Waals surface area contributed by atoms with Gasteiger partial charge in [-0.05, 0) is 36.1 Å². The van der Waals surface area contributed by atoms with Crippen LogP contribution in [-0.4, -0.2) is 29.1 Å². The Morgan fingerprint density at radius 2 is 2.05 bits per heavy atom. The van der Waals surface area contributed by atoms with E-state index in [1.54, 1.807) is 32.2 Å². The largest absolute Gasteiger partial charge is 0.507 e. The van der Waals surface area contributed by atoms with Gasteiger partial charge in [0, 0.05) is 5.56 Å². The van der Waals surface area contributed by atoms with E-state index in [2.05, 4.69) is 0 Å². The molecular formula is C14H14O5. The number of Topliss-reactive ketones (excluding diaryl/α,β-unsaturated/α-hetero) is 1. The number of methoxy groups -OCH3 is 1. The molecule has 0 saturated heterocycles. The molecule has 1 aliphatic rings. The summed E-state index contributed by atoms with van der Waals surface area (Å²) in [4.78, 5) is 22.4. The van der Waals surface area contributed by atoms with Crippen molar-refractivity contribution in [2.75, 3.05) is 7.11 Å². The number of aliphatic carboxylic acids is 1. The van der Waals surface area contributed by atoms with Crippen molar-refractivity contribution in [3.8, 4) is 5.75 Å². The molecule has 0 spiro atoms. The number of aliphatic hydroxyl groups is 1. The van der Waals surface area contributed by atoms with E-state index in [0.29, 0.717) is 17.7 Å². The SMILES string of the molecule is COc1ccc2c(c1)CC(C)C(C(=O)C(=O)O)=C2O. The average molecular weight is 262 g/mol. The van der Waals surface area contributed by atoms with Crippen molar-refractivity contribution in [3.63, 3.8) is 0 Å². The van der Waals surface area contributed by atoms with Crippen LogP contribution in [-0.2, 0) is 16.0 Å². The third kappa shape index (κ3) is 2.19. The molecule has 0 radical (unpaired) electrons. The standard InChI is InChI=1S/C14H14O5/c1-7-5-8-6-9(19-2)3-4-10(8)12(15)11(7)13(16)14(17)18/h3-4,6-7,15H,5H2,1-2H3,(H,17,18). The molecule has 0 aliphatic heterocycles. The van der Waals surface area contributed by atoms with Gasteiger partial charge >= 0.3 is 5.97 Å². The Kier molecular flexibility index (Phi) is 3.29. The second-order valence-electron chi connectivity index (χ2n) is 4.52. The Bertz CT molecular complexity index is 585. The minimum Gasteiger partial charge on any atom is -0.507 e. The van der Waals surface area contributed by atoms with Crippen LogP contribution in [0.5, 0.6) is 5.75 Å². The molecule has 100 valence electrons. The van der Waals surface area contributed by atoms with Crippen molar-refractivity contribution in [1.82, 2.24) is 0 Å². The number of hydrogen-bond acceptors (Lipinski definition) is 4. The van der Waals surface area contributed by atoms with Gasteiger partial charge in [0.05, 0.1) is 12.7 Å². The fourth-order valence-electron chi connectivity index (χ4n) is 2.35. The van der Waals surface area contributed by atoms with E-state index in [4.69, 9.17) is 9.84 Å². The van der Waals surface area contributed by atoms with Crippen LogP contribution in [0, 0.1) is 5.92 Å². The molecule has 2 rings (SSSR count). The highest BCUT2D eigenvalue weighted by molar-refractivity contribution is 6.41. The van der Waals surface area contributed by atoms with E-state index in [0.717, 1.165) is 5.56 Å². The van der Waals surface area contributed by atoms with Gasteiger partial charge in [0.15, 0.2) is 0 Å². The first-order chi connectivity index (χ1) is 8.95. The van der Waals surface area contributed by atoms with Gasteiger partial charge < -0.3 is 14.9 Å². The number of carbonyl (C=O) groups excluding carboxylic acids is 1. The maximum absolute atomic E-state index is 11.6. The van der Waals surface area contributed by atoms with E-state index in [1.165, 1.54) is 0 Å². The van der Waals surface area contributed by atoms with Gasteiger partial charge in [-0.25, -0.2) is 4.79 Å². The fraction of sp³-hybridized carbons (Fsp3) is 0.286. The number of hydrogen-bond donors (Lipinski definition) is 2. The molecule has 19 heavy (non-hydrogen) atoms. The molecule has 0 aromatic heterocycles. The summed E-state index contributed by atoms with van der Waals surface area (Å²) in [7, 11) is 1.54. The lowest BCUT2D eigenvalue weighted by atomic mass is 9.81. The van der Waals surface area contributed by atoms with Gasteiger partial charge in [0.2, 0.25) is 0 Å². The minimum absolute atomic E-state index is 0.0369. The summed E-state index contributed by atoms with van der Waals surface area (Å²) in [6, 6.07) is 5.07. The first-order valence-electron chi connectivity index (χ1n) is 5.83. The van der Waals surface area contributed by atoms with Crippen LogP contribution in [0.4, 0.5) is 0 Å². The highest BCUT2D eigenvalue weighted by Gasteiger charge is 2.32. The van der Waals surface area contributed by atoms with Crippen molar-refractivity contribution >= 4 is 17.5 Å². The fourth-order valence-corrected chi connectivity index (χ4v) is 2.35. The number of carboxylic acid groups (broad SMARTS) is 1. The topological polar surface area (TPSA) is 83.8 Å². The lowest BCUT2D eigenvalue weighted by molar-refractivity contribution is -0.147. The minimum atomic E-state index is -1.55. The molecule has 1 aromatic rings. The first kappa shape index (κ1) is 13.1.